The number of aromatic nitrogens is 3. The van der Waals surface area contributed by atoms with E-state index < -0.39 is 276 Å². The summed E-state index contributed by atoms with van der Waals surface area (Å²) in [6.45, 7) is -11.7. The molecule has 11 nitrogen and oxygen atoms in total. The lowest BCUT2D eigenvalue weighted by Gasteiger charge is -2.39. The molecular formula is C71H51F52N5O6. The minimum atomic E-state index is -8.27. The second-order valence-corrected chi connectivity index (χ2v) is 27.1. The Hall–Kier alpha value is -9.94. The van der Waals surface area contributed by atoms with Crippen molar-refractivity contribution in [3.63, 3.8) is 0 Å². The fraction of sp³-hybridized carbons (Fsp3) is 0.521. The maximum absolute atomic E-state index is 14.7. The van der Waals surface area contributed by atoms with E-state index in [1.165, 1.54) is 36.4 Å². The number of alkyl halides is 50. The van der Waals surface area contributed by atoms with E-state index in [0.717, 1.165) is 23.3 Å². The van der Waals surface area contributed by atoms with E-state index in [-0.39, 0.29) is 28.4 Å². The molecule has 0 atom stereocenters. The van der Waals surface area contributed by atoms with Gasteiger partial charge in [-0.05, 0) is 90.2 Å². The summed E-state index contributed by atoms with van der Waals surface area (Å²) in [5.74, 6) is -130. The Morgan fingerprint density at radius 3 is 1.04 bits per heavy atom. The van der Waals surface area contributed by atoms with Crippen LogP contribution in [0.1, 0.15) is 60.3 Å². The molecule has 0 radical (unpaired) electrons. The number of anilines is 4. The molecule has 2 N–H and O–H groups in total. The highest BCUT2D eigenvalue weighted by Crippen LogP contribution is 2.63. The smallest absolute Gasteiger partial charge is 0.460 e. The van der Waals surface area contributed by atoms with Gasteiger partial charge in [-0.1, -0.05) is 48.5 Å². The predicted molar refractivity (Wildman–Crippen MR) is 351 cm³/mol. The summed E-state index contributed by atoms with van der Waals surface area (Å²) in [5, 5.41) is 5.17. The molecule has 6 rings (SSSR count). The first-order chi connectivity index (χ1) is 60.3. The first-order valence-electron chi connectivity index (χ1n) is 35.2. The summed E-state index contributed by atoms with van der Waals surface area (Å²) in [5.41, 5.74) is 1.26. The molecule has 760 valence electrons. The number of rotatable bonds is 45. The maximum Gasteiger partial charge on any atom is 0.460 e. The Kier molecular flexibility index (Phi) is 36.4. The van der Waals surface area contributed by atoms with Crippen LogP contribution in [0, 0.1) is 11.6 Å². The van der Waals surface area contributed by atoms with Gasteiger partial charge in [0.05, 0.1) is 32.0 Å². The van der Waals surface area contributed by atoms with E-state index in [9.17, 15) is 233 Å². The van der Waals surface area contributed by atoms with E-state index in [2.05, 4.69) is 35.1 Å². The van der Waals surface area contributed by atoms with Crippen molar-refractivity contribution in [3.8, 4) is 28.4 Å². The number of halogens is 52. The summed E-state index contributed by atoms with van der Waals surface area (Å²) in [6.07, 6.45) is -48.8. The molecule has 0 aliphatic carbocycles. The van der Waals surface area contributed by atoms with Gasteiger partial charge in [0.25, 0.3) is 0 Å². The first kappa shape index (κ1) is 116. The molecule has 0 aliphatic heterocycles. The Morgan fingerprint density at radius 1 is 0.321 bits per heavy atom. The van der Waals surface area contributed by atoms with Gasteiger partial charge in [0.2, 0.25) is 11.9 Å². The fourth-order valence-corrected chi connectivity index (χ4v) is 9.56. The first-order valence-corrected chi connectivity index (χ1v) is 35.2. The summed E-state index contributed by atoms with van der Waals surface area (Å²) in [6, 6.07) is 25.1. The Bertz CT molecular complexity index is 4630. The maximum atomic E-state index is 14.7. The van der Waals surface area contributed by atoms with Crippen molar-refractivity contribution >= 4 is 29.2 Å². The van der Waals surface area contributed by atoms with Crippen LogP contribution in [-0.4, -0.2) is 205 Å². The van der Waals surface area contributed by atoms with Crippen molar-refractivity contribution < 1.29 is 257 Å². The van der Waals surface area contributed by atoms with Crippen LogP contribution >= 0.6 is 0 Å². The van der Waals surface area contributed by atoms with Gasteiger partial charge in [-0.3, -0.25) is 0 Å². The summed E-state index contributed by atoms with van der Waals surface area (Å²) < 4.78 is 701. The number of carbonyl (C=O) groups excluding carboxylic acids is 1. The van der Waals surface area contributed by atoms with Gasteiger partial charge in [0.1, 0.15) is 24.8 Å². The van der Waals surface area contributed by atoms with Crippen molar-refractivity contribution in [2.45, 2.75) is 190 Å². The molecule has 1 heterocycles. The van der Waals surface area contributed by atoms with Crippen LogP contribution in [0.3, 0.4) is 0 Å². The van der Waals surface area contributed by atoms with Crippen molar-refractivity contribution in [1.82, 2.24) is 15.0 Å². The molecule has 6 aromatic rings. The third-order valence-corrected chi connectivity index (χ3v) is 17.3. The normalized spacial score (nSPS) is 14.1. The second-order valence-electron chi connectivity index (χ2n) is 27.1. The van der Waals surface area contributed by atoms with Crippen LogP contribution < -0.4 is 24.8 Å². The Morgan fingerprint density at radius 2 is 0.672 bits per heavy atom. The highest BCUT2D eigenvalue weighted by Gasteiger charge is 2.92. The van der Waals surface area contributed by atoms with Gasteiger partial charge >= 0.3 is 151 Å². The molecule has 1 aromatic heterocycles. The lowest BCUT2D eigenvalue weighted by Crippen LogP contribution is -2.70. The molecule has 134 heavy (non-hydrogen) atoms. The fourth-order valence-electron chi connectivity index (χ4n) is 9.56. The van der Waals surface area contributed by atoms with E-state index in [4.69, 9.17) is 14.2 Å². The van der Waals surface area contributed by atoms with E-state index in [1.54, 1.807) is 12.1 Å². The summed E-state index contributed by atoms with van der Waals surface area (Å²) in [4.78, 5) is 25.4. The quantitative estimate of drug-likeness (QED) is 0.0164. The summed E-state index contributed by atoms with van der Waals surface area (Å²) in [7, 11) is 0. The average molecular weight is 2060 g/mol. The largest absolute Gasteiger partial charge is 0.490 e. The number of esters is 1. The minimum Gasteiger partial charge on any atom is -0.490 e. The predicted octanol–water partition coefficient (Wildman–Crippen LogP) is 26.8. The molecule has 0 aliphatic rings. The zero-order chi connectivity index (χ0) is 104. The van der Waals surface area contributed by atoms with Gasteiger partial charge in [-0.25, -0.2) is 48.7 Å². The molecule has 0 saturated carbocycles. The number of hydrogen-bond acceptors (Lipinski definition) is 11. The van der Waals surface area contributed by atoms with Gasteiger partial charge in [-0.15, -0.1) is 0 Å². The van der Waals surface area contributed by atoms with E-state index >= 15 is 0 Å². The van der Waals surface area contributed by atoms with Crippen molar-refractivity contribution in [3.05, 3.63) is 144 Å². The van der Waals surface area contributed by atoms with Crippen LogP contribution in [0.5, 0.6) is 17.2 Å². The van der Waals surface area contributed by atoms with Crippen molar-refractivity contribution in [2.24, 2.45) is 0 Å². The Balaban J connectivity index is 0.000000694. The lowest BCUT2D eigenvalue weighted by molar-refractivity contribution is -0.440. The van der Waals surface area contributed by atoms with Crippen LogP contribution in [-0.2, 0) is 15.9 Å². The number of hydrogen-bond donors (Lipinski definition) is 2. The van der Waals surface area contributed by atoms with E-state index in [0.29, 0.717) is 24.3 Å². The van der Waals surface area contributed by atoms with Gasteiger partial charge in [0.15, 0.2) is 23.1 Å². The Labute approximate surface area is 712 Å². The number of nitrogens with zero attached hydrogens (tertiary/aromatic N) is 3. The zero-order valence-electron chi connectivity index (χ0n) is 64.4. The van der Waals surface area contributed by atoms with Crippen LogP contribution in [0.2, 0.25) is 0 Å². The molecule has 0 bridgehead atoms. The van der Waals surface area contributed by atoms with Gasteiger partial charge in [-0.2, -0.15) is 199 Å². The molecule has 0 spiro atoms. The molecule has 0 fully saturated rings. The number of carbonyl (C=O) groups is 1. The summed E-state index contributed by atoms with van der Waals surface area (Å²) >= 11 is 0. The SMILES string of the molecule is FC(F)C(F)(F)C(F)(F)CCOCC(F)(F)C(F)(F)C(F)F.FC(F)C(F)(F)C(F)(F)CCOCC(F)(F)C(F)(F)C(F)F.O=C(Oc1ccc(-c2ccccc2)cc1)c1ccc(Nc2nc(Cc3ccc(F)c(F)c3)nc(Nc3ccc(OCCCC(F)(F)C(F)(F)C(F)(F)C(F)(F)C(F)(F)C(F)(F)F)c(OCCCC(F)(F)C(F)(F)C(F)(F)C(F)(F)C(F)(F)C(F)(F)F)c3)n2)cc1. The standard InChI is InChI=1S/C53H35F28N5O4.2C9H8F12O/c54-34-18-8-27(24-35(34)55)25-38-84-40(82-31-13-9-30(10-14-31)39(87)90-33-16-11-29(12-17-33)28-6-2-1-3-7-28)86-41(85-38)83-32-15-19-36(88-22-4-20-42(56,57)44(60,61)46(64,65)48(68,69)50(72,73)52(76,77)78)37(26-32)89-23-5-21-43(58,59)45(62,63)47(66,67)49(70,71)51(74,75)53(79,80)81;2*10-4(11)8(18,19)6(14,15)1-2-22-3-7(16,17)9(20,21)5(12)13/h1-3,6-19,24,26H,4-5,20-23,25H2,(H2,82,83,84,85,86);2*4-5H,1-3H2. The second kappa shape index (κ2) is 41.9. The molecular weight excluding hydrogens is 2010 g/mol. The van der Waals surface area contributed by atoms with Gasteiger partial charge in [0, 0.05) is 49.5 Å². The number of benzene rings is 5. The van der Waals surface area contributed by atoms with E-state index in [1.807, 2.05) is 30.3 Å². The average Bonchev–Trinajstić information content (AvgIpc) is 0.712. The lowest BCUT2D eigenvalue weighted by atomic mass is 9.92. The van der Waals surface area contributed by atoms with Crippen LogP contribution in [0.15, 0.2) is 115 Å². The zero-order valence-corrected chi connectivity index (χ0v) is 64.4. The minimum absolute atomic E-state index is 0.00952. The number of nitrogens with one attached hydrogen (secondary N) is 2. The molecule has 5 aromatic carbocycles. The topological polar surface area (TPSA) is 126 Å². The number of ether oxygens (including phenoxy) is 5. The molecule has 0 amide bonds. The monoisotopic (exact) mass is 2060 g/mol. The van der Waals surface area contributed by atoms with Crippen molar-refractivity contribution in [2.75, 3.05) is 50.3 Å². The van der Waals surface area contributed by atoms with Crippen molar-refractivity contribution in [1.29, 1.82) is 0 Å². The van der Waals surface area contributed by atoms with Crippen LogP contribution in [0.25, 0.3) is 11.1 Å². The van der Waals surface area contributed by atoms with Gasteiger partial charge < -0.3 is 34.3 Å². The highest BCUT2D eigenvalue weighted by molar-refractivity contribution is 5.91. The molecule has 0 unspecified atom stereocenters. The highest BCUT2D eigenvalue weighted by atomic mass is 19.5. The van der Waals surface area contributed by atoms with Crippen LogP contribution in [0.4, 0.5) is 252 Å². The molecule has 63 heteroatoms. The molecule has 0 saturated heterocycles. The third kappa shape index (κ3) is 25.7. The third-order valence-electron chi connectivity index (χ3n) is 17.3.